The van der Waals surface area contributed by atoms with Crippen molar-refractivity contribution in [3.8, 4) is 5.75 Å². The molecule has 0 spiro atoms. The van der Waals surface area contributed by atoms with E-state index in [0.29, 0.717) is 11.3 Å². The van der Waals surface area contributed by atoms with E-state index in [1.54, 1.807) is 7.11 Å². The van der Waals surface area contributed by atoms with Gasteiger partial charge in [-0.05, 0) is 29.9 Å². The largest absolute Gasteiger partial charge is 0.496 e. The fourth-order valence-corrected chi connectivity index (χ4v) is 2.54. The first-order valence-corrected chi connectivity index (χ1v) is 6.93. The molecule has 0 aliphatic carbocycles. The van der Waals surface area contributed by atoms with Crippen molar-refractivity contribution in [3.05, 3.63) is 29.3 Å². The summed E-state index contributed by atoms with van der Waals surface area (Å²) in [5.74, 6) is 2.87. The molecule has 17 heavy (non-hydrogen) atoms. The normalized spacial score (nSPS) is 10.2. The fourth-order valence-electron chi connectivity index (χ4n) is 1.49. The second kappa shape index (κ2) is 7.22. The molecule has 0 radical (unpaired) electrons. The van der Waals surface area contributed by atoms with Gasteiger partial charge in [0.2, 0.25) is 0 Å². The molecule has 0 bridgehead atoms. The highest BCUT2D eigenvalue weighted by molar-refractivity contribution is 7.98. The number of amidine groups is 1. The van der Waals surface area contributed by atoms with Gasteiger partial charge in [0, 0.05) is 5.75 Å². The molecule has 0 heterocycles. The van der Waals surface area contributed by atoms with Crippen LogP contribution in [0.4, 0.5) is 0 Å². The van der Waals surface area contributed by atoms with Crippen molar-refractivity contribution < 1.29 is 4.74 Å². The molecule has 0 saturated carbocycles. The molecular formula is C13H20N2OS. The van der Waals surface area contributed by atoms with E-state index >= 15 is 0 Å². The van der Waals surface area contributed by atoms with Crippen LogP contribution in [0.25, 0.3) is 0 Å². The molecule has 0 fully saturated rings. The average Bonchev–Trinajstić information content (AvgIpc) is 2.34. The van der Waals surface area contributed by atoms with E-state index in [0.717, 1.165) is 5.75 Å². The summed E-state index contributed by atoms with van der Waals surface area (Å²) >= 11 is 1.91. The lowest BCUT2D eigenvalue weighted by Gasteiger charge is -2.09. The summed E-state index contributed by atoms with van der Waals surface area (Å²) in [5, 5.41) is 7.51. The van der Waals surface area contributed by atoms with Gasteiger partial charge in [-0.3, -0.25) is 5.41 Å². The molecule has 0 amide bonds. The molecule has 4 heteroatoms. The molecule has 1 aromatic carbocycles. The molecule has 0 aromatic heterocycles. The summed E-state index contributed by atoms with van der Waals surface area (Å²) in [5.41, 5.74) is 7.41. The number of nitrogen functional groups attached to an aromatic ring is 1. The lowest BCUT2D eigenvalue weighted by Crippen LogP contribution is -2.12. The lowest BCUT2D eigenvalue weighted by molar-refractivity contribution is 0.413. The Balaban J connectivity index is 2.68. The van der Waals surface area contributed by atoms with E-state index in [2.05, 4.69) is 6.92 Å². The maximum absolute atomic E-state index is 7.51. The molecule has 1 rings (SSSR count). The van der Waals surface area contributed by atoms with Crippen LogP contribution in [0.5, 0.6) is 5.75 Å². The Morgan fingerprint density at radius 3 is 2.82 bits per heavy atom. The Kier molecular flexibility index (Phi) is 5.91. The molecule has 3 nitrogen and oxygen atoms in total. The third-order valence-corrected chi connectivity index (χ3v) is 3.58. The minimum atomic E-state index is 0.0576. The predicted octanol–water partition coefficient (Wildman–Crippen LogP) is 3.01. The van der Waals surface area contributed by atoms with Gasteiger partial charge in [-0.15, -0.1) is 0 Å². The summed E-state index contributed by atoms with van der Waals surface area (Å²) in [7, 11) is 1.59. The standard InChI is InChI=1S/C13H20N2OS/c1-3-4-7-17-9-10-5-6-12(16-2)11(8-10)13(14)15/h5-6,8H,3-4,7,9H2,1-2H3,(H3,14,15). The van der Waals surface area contributed by atoms with E-state index in [1.807, 2.05) is 30.0 Å². The summed E-state index contributed by atoms with van der Waals surface area (Å²) in [6.07, 6.45) is 2.48. The summed E-state index contributed by atoms with van der Waals surface area (Å²) < 4.78 is 5.18. The second-order valence-electron chi connectivity index (χ2n) is 3.85. The third kappa shape index (κ3) is 4.30. The number of unbranched alkanes of at least 4 members (excludes halogenated alkanes) is 1. The minimum Gasteiger partial charge on any atom is -0.496 e. The highest BCUT2D eigenvalue weighted by Gasteiger charge is 2.06. The van der Waals surface area contributed by atoms with Crippen LogP contribution in [0.3, 0.4) is 0 Å². The monoisotopic (exact) mass is 252 g/mol. The van der Waals surface area contributed by atoms with Crippen LogP contribution < -0.4 is 10.5 Å². The molecule has 0 saturated heterocycles. The van der Waals surface area contributed by atoms with E-state index in [9.17, 15) is 0 Å². The van der Waals surface area contributed by atoms with Gasteiger partial charge in [-0.2, -0.15) is 11.8 Å². The van der Waals surface area contributed by atoms with Gasteiger partial charge in [0.25, 0.3) is 0 Å². The molecule has 0 aliphatic heterocycles. The molecule has 0 unspecified atom stereocenters. The first-order valence-electron chi connectivity index (χ1n) is 5.78. The van der Waals surface area contributed by atoms with Crippen LogP contribution in [0.1, 0.15) is 30.9 Å². The molecule has 3 N–H and O–H groups in total. The quantitative estimate of drug-likeness (QED) is 0.445. The van der Waals surface area contributed by atoms with E-state index in [1.165, 1.54) is 24.2 Å². The Morgan fingerprint density at radius 2 is 2.24 bits per heavy atom. The summed E-state index contributed by atoms with van der Waals surface area (Å²) in [6, 6.07) is 5.86. The third-order valence-electron chi connectivity index (χ3n) is 2.47. The maximum atomic E-state index is 7.51. The zero-order chi connectivity index (χ0) is 12.7. The second-order valence-corrected chi connectivity index (χ2v) is 4.96. The van der Waals surface area contributed by atoms with Gasteiger partial charge in [-0.1, -0.05) is 19.4 Å². The fraction of sp³-hybridized carbons (Fsp3) is 0.462. The molecule has 0 aliphatic rings. The van der Waals surface area contributed by atoms with E-state index < -0.39 is 0 Å². The van der Waals surface area contributed by atoms with Crippen LogP contribution in [-0.4, -0.2) is 18.7 Å². The highest BCUT2D eigenvalue weighted by atomic mass is 32.2. The number of methoxy groups -OCH3 is 1. The van der Waals surface area contributed by atoms with Crippen molar-refractivity contribution in [2.24, 2.45) is 5.73 Å². The number of thioether (sulfide) groups is 1. The van der Waals surface area contributed by atoms with Crippen LogP contribution in [0, 0.1) is 5.41 Å². The van der Waals surface area contributed by atoms with Crippen molar-refractivity contribution in [2.45, 2.75) is 25.5 Å². The number of nitrogens with two attached hydrogens (primary N) is 1. The van der Waals surface area contributed by atoms with Gasteiger partial charge in [0.05, 0.1) is 12.7 Å². The van der Waals surface area contributed by atoms with Gasteiger partial charge < -0.3 is 10.5 Å². The number of hydrogen-bond donors (Lipinski definition) is 2. The molecule has 94 valence electrons. The SMILES string of the molecule is CCCCSCc1ccc(OC)c(C(=N)N)c1. The first-order chi connectivity index (χ1) is 8.19. The van der Waals surface area contributed by atoms with Crippen LogP contribution in [0.2, 0.25) is 0 Å². The number of benzene rings is 1. The predicted molar refractivity (Wildman–Crippen MR) is 75.1 cm³/mol. The van der Waals surface area contributed by atoms with Crippen molar-refractivity contribution in [3.63, 3.8) is 0 Å². The average molecular weight is 252 g/mol. The zero-order valence-corrected chi connectivity index (χ0v) is 11.3. The summed E-state index contributed by atoms with van der Waals surface area (Å²) in [6.45, 7) is 2.20. The van der Waals surface area contributed by atoms with Crippen molar-refractivity contribution in [1.29, 1.82) is 5.41 Å². The lowest BCUT2D eigenvalue weighted by atomic mass is 10.1. The van der Waals surface area contributed by atoms with E-state index in [4.69, 9.17) is 15.9 Å². The molecule has 1 aromatic rings. The number of hydrogen-bond acceptors (Lipinski definition) is 3. The molecular weight excluding hydrogens is 232 g/mol. The first kappa shape index (κ1) is 13.9. The number of ether oxygens (including phenoxy) is 1. The van der Waals surface area contributed by atoms with Crippen LogP contribution >= 0.6 is 11.8 Å². The number of nitrogens with one attached hydrogen (secondary N) is 1. The van der Waals surface area contributed by atoms with Gasteiger partial charge in [0.1, 0.15) is 11.6 Å². The zero-order valence-electron chi connectivity index (χ0n) is 10.5. The van der Waals surface area contributed by atoms with Gasteiger partial charge >= 0.3 is 0 Å². The van der Waals surface area contributed by atoms with Crippen molar-refractivity contribution in [1.82, 2.24) is 0 Å². The van der Waals surface area contributed by atoms with Crippen molar-refractivity contribution >= 4 is 17.6 Å². The topological polar surface area (TPSA) is 59.1 Å². The Hall–Kier alpha value is -1.16. The summed E-state index contributed by atoms with van der Waals surface area (Å²) in [4.78, 5) is 0. The Labute approximate surface area is 107 Å². The van der Waals surface area contributed by atoms with Gasteiger partial charge in [0.15, 0.2) is 0 Å². The maximum Gasteiger partial charge on any atom is 0.129 e. The molecule has 0 atom stereocenters. The number of rotatable bonds is 7. The highest BCUT2D eigenvalue weighted by Crippen LogP contribution is 2.22. The minimum absolute atomic E-state index is 0.0576. The smallest absolute Gasteiger partial charge is 0.129 e. The van der Waals surface area contributed by atoms with Crippen LogP contribution in [-0.2, 0) is 5.75 Å². The van der Waals surface area contributed by atoms with Crippen LogP contribution in [0.15, 0.2) is 18.2 Å². The van der Waals surface area contributed by atoms with Crippen molar-refractivity contribution in [2.75, 3.05) is 12.9 Å². The van der Waals surface area contributed by atoms with E-state index in [-0.39, 0.29) is 5.84 Å². The Morgan fingerprint density at radius 1 is 1.47 bits per heavy atom. The Bertz CT molecular complexity index is 380. The van der Waals surface area contributed by atoms with Gasteiger partial charge in [-0.25, -0.2) is 0 Å².